The predicted molar refractivity (Wildman–Crippen MR) is 120 cm³/mol. The maximum atomic E-state index is 13.4. The number of carbonyl (C=O) groups excluding carboxylic acids is 2. The van der Waals surface area contributed by atoms with E-state index in [0.29, 0.717) is 24.1 Å². The number of dihydropyridines is 1. The van der Waals surface area contributed by atoms with Gasteiger partial charge in [0.2, 0.25) is 0 Å². The Morgan fingerprint density at radius 1 is 1.06 bits per heavy atom. The molecule has 0 unspecified atom stereocenters. The summed E-state index contributed by atoms with van der Waals surface area (Å²) < 4.78 is 2.80. The molecule has 1 aliphatic carbocycles. The Hall–Kier alpha value is -2.34. The van der Waals surface area contributed by atoms with Crippen molar-refractivity contribution in [2.24, 2.45) is 0 Å². The first-order valence-electron chi connectivity index (χ1n) is 9.73. The summed E-state index contributed by atoms with van der Waals surface area (Å²) in [5.74, 6) is -1.41. The lowest BCUT2D eigenvalue weighted by atomic mass is 9.72. The highest BCUT2D eigenvalue weighted by molar-refractivity contribution is 6.66. The molecule has 1 N–H and O–H groups in total. The number of rotatable bonds is 3. The number of ether oxygens (including phenoxy) is 1. The Morgan fingerprint density at radius 2 is 1.74 bits per heavy atom. The van der Waals surface area contributed by atoms with Crippen LogP contribution in [0.3, 0.4) is 0 Å². The van der Waals surface area contributed by atoms with Crippen molar-refractivity contribution in [1.82, 2.24) is 10.3 Å². The van der Waals surface area contributed by atoms with E-state index in [1.807, 2.05) is 30.3 Å². The quantitative estimate of drug-likeness (QED) is 0.479. The Labute approximate surface area is 195 Å². The third-order valence-corrected chi connectivity index (χ3v) is 5.80. The summed E-state index contributed by atoms with van der Waals surface area (Å²) in [5, 5.41) is 3.26. The number of carbonyl (C=O) groups is 2. The van der Waals surface area contributed by atoms with Crippen molar-refractivity contribution < 1.29 is 14.3 Å². The van der Waals surface area contributed by atoms with Crippen LogP contribution in [0.4, 0.5) is 0 Å². The second kappa shape index (κ2) is 8.65. The van der Waals surface area contributed by atoms with Gasteiger partial charge in [0.15, 0.2) is 5.78 Å². The van der Waals surface area contributed by atoms with Crippen molar-refractivity contribution in [1.29, 1.82) is 0 Å². The fraction of sp³-hybridized carbons (Fsp3) is 0.261. The fourth-order valence-electron chi connectivity index (χ4n) is 4.32. The highest BCUT2D eigenvalue weighted by Gasteiger charge is 2.42. The van der Waals surface area contributed by atoms with Crippen LogP contribution in [0.25, 0.3) is 0 Å². The van der Waals surface area contributed by atoms with E-state index < -0.39 is 15.9 Å². The van der Waals surface area contributed by atoms with Gasteiger partial charge < -0.3 is 10.1 Å². The number of pyridine rings is 1. The second-order valence-corrected chi connectivity index (χ2v) is 9.72. The van der Waals surface area contributed by atoms with Gasteiger partial charge in [-0.25, -0.2) is 4.79 Å². The fourth-order valence-corrected chi connectivity index (χ4v) is 4.53. The van der Waals surface area contributed by atoms with Crippen LogP contribution in [0.1, 0.15) is 42.7 Å². The molecule has 0 spiro atoms. The highest BCUT2D eigenvalue weighted by Crippen LogP contribution is 2.46. The smallest absolute Gasteiger partial charge is 0.341 e. The largest absolute Gasteiger partial charge is 0.411 e. The minimum Gasteiger partial charge on any atom is -0.411 e. The van der Waals surface area contributed by atoms with Crippen LogP contribution in [-0.2, 0) is 14.3 Å². The summed E-state index contributed by atoms with van der Waals surface area (Å²) in [6.45, 7) is 1.75. The van der Waals surface area contributed by atoms with Crippen molar-refractivity contribution in [3.63, 3.8) is 0 Å². The van der Waals surface area contributed by atoms with Crippen LogP contribution >= 0.6 is 34.8 Å². The Kier molecular flexibility index (Phi) is 6.11. The number of benzene rings is 1. The third-order valence-electron chi connectivity index (χ3n) is 5.57. The molecule has 2 atom stereocenters. The summed E-state index contributed by atoms with van der Waals surface area (Å²) in [7, 11) is 0. The van der Waals surface area contributed by atoms with E-state index >= 15 is 0 Å². The Morgan fingerprint density at radius 3 is 2.39 bits per heavy atom. The molecule has 1 aromatic carbocycles. The highest BCUT2D eigenvalue weighted by atomic mass is 35.6. The molecule has 0 fully saturated rings. The van der Waals surface area contributed by atoms with E-state index in [0.717, 1.165) is 16.8 Å². The summed E-state index contributed by atoms with van der Waals surface area (Å²) in [4.78, 5) is 30.4. The number of esters is 1. The van der Waals surface area contributed by atoms with E-state index in [-0.39, 0.29) is 17.3 Å². The summed E-state index contributed by atoms with van der Waals surface area (Å²) in [6.07, 6.45) is 4.23. The van der Waals surface area contributed by atoms with Gasteiger partial charge in [0.1, 0.15) is 0 Å². The Balaban J connectivity index is 1.78. The topological polar surface area (TPSA) is 68.3 Å². The molecule has 0 saturated carbocycles. The number of Topliss-reactive ketones (excluding diaryl/α,β-unsaturated/α-hetero) is 1. The van der Waals surface area contributed by atoms with Gasteiger partial charge in [0, 0.05) is 41.7 Å². The number of hydrogen-bond donors (Lipinski definition) is 1. The average Bonchev–Trinajstić information content (AvgIpc) is 2.72. The molecule has 5 nitrogen and oxygen atoms in total. The van der Waals surface area contributed by atoms with E-state index in [4.69, 9.17) is 39.5 Å². The number of ketones is 1. The van der Waals surface area contributed by atoms with Crippen LogP contribution < -0.4 is 5.32 Å². The zero-order valence-corrected chi connectivity index (χ0v) is 18.8. The molecule has 4 rings (SSSR count). The third kappa shape index (κ3) is 4.64. The number of nitrogens with zero attached hydrogens (tertiary/aromatic N) is 1. The maximum absolute atomic E-state index is 13.4. The molecule has 2 aromatic rings. The summed E-state index contributed by atoms with van der Waals surface area (Å²) in [5.41, 5.74) is 3.98. The molecule has 0 amide bonds. The molecule has 2 aliphatic rings. The summed E-state index contributed by atoms with van der Waals surface area (Å²) >= 11 is 17.1. The molecule has 160 valence electrons. The van der Waals surface area contributed by atoms with Gasteiger partial charge in [-0.3, -0.25) is 9.78 Å². The number of nitrogens with one attached hydrogen (secondary N) is 1. The number of alkyl halides is 3. The normalized spacial score (nSPS) is 21.5. The first-order chi connectivity index (χ1) is 14.7. The van der Waals surface area contributed by atoms with E-state index in [2.05, 4.69) is 10.3 Å². The lowest BCUT2D eigenvalue weighted by Gasteiger charge is -2.36. The number of hydrogen-bond acceptors (Lipinski definition) is 5. The van der Waals surface area contributed by atoms with Crippen LogP contribution in [-0.4, -0.2) is 20.7 Å². The second-order valence-electron chi connectivity index (χ2n) is 7.54. The molecule has 0 saturated heterocycles. The van der Waals surface area contributed by atoms with E-state index in [1.54, 1.807) is 31.5 Å². The van der Waals surface area contributed by atoms with E-state index in [1.165, 1.54) is 0 Å². The minimum absolute atomic E-state index is 0.0314. The predicted octanol–water partition coefficient (Wildman–Crippen LogP) is 5.31. The van der Waals surface area contributed by atoms with Crippen LogP contribution in [0.5, 0.6) is 0 Å². The number of allylic oxidation sites excluding steroid dienone is 3. The molecule has 0 bridgehead atoms. The molecule has 1 aromatic heterocycles. The molecule has 31 heavy (non-hydrogen) atoms. The number of halogens is 3. The van der Waals surface area contributed by atoms with Crippen LogP contribution in [0, 0.1) is 0 Å². The summed E-state index contributed by atoms with van der Waals surface area (Å²) in [6, 6.07) is 13.5. The molecular weight excluding hydrogens is 459 g/mol. The van der Waals surface area contributed by atoms with Gasteiger partial charge in [-0.1, -0.05) is 30.3 Å². The standard InChI is InChI=1S/C23H19Cl3N2O3/c1-13-19(22(30)31-23(24,25)26)20(15-7-9-27-10-8-15)21-17(28-13)11-16(12-18(21)29)14-5-3-2-4-6-14/h2-10,16,20,28H,11-12H2,1H3/t16-,20-/m0/s1. The van der Waals surface area contributed by atoms with Gasteiger partial charge in [-0.05, 0) is 77.3 Å². The van der Waals surface area contributed by atoms with Crippen molar-refractivity contribution in [2.75, 3.05) is 0 Å². The zero-order chi connectivity index (χ0) is 22.2. The van der Waals surface area contributed by atoms with Crippen molar-refractivity contribution in [3.8, 4) is 0 Å². The van der Waals surface area contributed by atoms with Gasteiger partial charge in [0.25, 0.3) is 0 Å². The Bertz CT molecular complexity index is 1080. The van der Waals surface area contributed by atoms with Crippen LogP contribution in [0.2, 0.25) is 0 Å². The minimum atomic E-state index is -2.21. The first-order valence-corrected chi connectivity index (χ1v) is 10.9. The van der Waals surface area contributed by atoms with Crippen molar-refractivity contribution >= 4 is 46.6 Å². The maximum Gasteiger partial charge on any atom is 0.341 e. The molecular formula is C23H19Cl3N2O3. The van der Waals surface area contributed by atoms with Gasteiger partial charge in [-0.2, -0.15) is 0 Å². The first kappa shape index (κ1) is 21.9. The lowest BCUT2D eigenvalue weighted by Crippen LogP contribution is -2.36. The van der Waals surface area contributed by atoms with Gasteiger partial charge >= 0.3 is 9.95 Å². The van der Waals surface area contributed by atoms with Gasteiger partial charge in [-0.15, -0.1) is 0 Å². The average molecular weight is 478 g/mol. The van der Waals surface area contributed by atoms with Crippen molar-refractivity contribution in [2.45, 2.75) is 35.6 Å². The monoisotopic (exact) mass is 476 g/mol. The van der Waals surface area contributed by atoms with Crippen LogP contribution in [0.15, 0.2) is 77.4 Å². The lowest BCUT2D eigenvalue weighted by molar-refractivity contribution is -0.140. The van der Waals surface area contributed by atoms with Gasteiger partial charge in [0.05, 0.1) is 5.57 Å². The SMILES string of the molecule is CC1=C(C(=O)OC(Cl)(Cl)Cl)[C@H](c2ccncc2)C2=C(C[C@H](c3ccccc3)CC2=O)N1. The molecule has 1 aliphatic heterocycles. The zero-order valence-electron chi connectivity index (χ0n) is 16.6. The molecule has 0 radical (unpaired) electrons. The van der Waals surface area contributed by atoms with E-state index in [9.17, 15) is 9.59 Å². The van der Waals surface area contributed by atoms with Crippen molar-refractivity contribution in [3.05, 3.63) is 88.5 Å². The number of aromatic nitrogens is 1. The molecule has 8 heteroatoms. The molecule has 2 heterocycles.